The van der Waals surface area contributed by atoms with Crippen LogP contribution in [0, 0.1) is 0 Å². The van der Waals surface area contributed by atoms with E-state index in [1.54, 1.807) is 0 Å². The molecule has 1 saturated carbocycles. The number of hydrogen-bond donors (Lipinski definition) is 0. The standard InChI is InChI=1S/C11H26OSi2/c1-5-11(9-7-6-8-10-11)13-12-14(2,3)4/h5-10,13H2,1-4H3. The summed E-state index contributed by atoms with van der Waals surface area (Å²) >= 11 is 0. The molecule has 0 spiro atoms. The normalized spacial score (nSPS) is 23.1. The fourth-order valence-corrected chi connectivity index (χ4v) is 6.22. The second kappa shape index (κ2) is 4.95. The van der Waals surface area contributed by atoms with E-state index in [-0.39, 0.29) is 9.76 Å². The van der Waals surface area contributed by atoms with Crippen molar-refractivity contribution < 1.29 is 4.12 Å². The molecule has 1 aliphatic rings. The van der Waals surface area contributed by atoms with Gasteiger partial charge in [-0.15, -0.1) is 0 Å². The minimum absolute atomic E-state index is 0.284. The Balaban J connectivity index is 2.44. The zero-order chi connectivity index (χ0) is 10.7. The molecule has 84 valence electrons. The van der Waals surface area contributed by atoms with Gasteiger partial charge in [0.15, 0.2) is 18.1 Å². The lowest BCUT2D eigenvalue weighted by Gasteiger charge is -2.37. The highest BCUT2D eigenvalue weighted by atomic mass is 28.4. The fourth-order valence-electron chi connectivity index (χ4n) is 2.27. The second-order valence-corrected chi connectivity index (χ2v) is 13.0. The van der Waals surface area contributed by atoms with E-state index in [0.29, 0.717) is 5.04 Å². The summed E-state index contributed by atoms with van der Waals surface area (Å²) in [6, 6.07) is 0. The number of rotatable bonds is 4. The molecule has 0 atom stereocenters. The molecular formula is C11H26OSi2. The molecule has 0 aromatic heterocycles. The van der Waals surface area contributed by atoms with Crippen LogP contribution < -0.4 is 0 Å². The molecule has 14 heavy (non-hydrogen) atoms. The third kappa shape index (κ3) is 3.87. The van der Waals surface area contributed by atoms with Crippen LogP contribution in [-0.2, 0) is 4.12 Å². The van der Waals surface area contributed by atoms with Crippen molar-refractivity contribution in [1.29, 1.82) is 0 Å². The van der Waals surface area contributed by atoms with E-state index in [1.807, 2.05) is 0 Å². The van der Waals surface area contributed by atoms with Crippen LogP contribution in [0.15, 0.2) is 0 Å². The molecule has 0 saturated heterocycles. The lowest BCUT2D eigenvalue weighted by Crippen LogP contribution is -2.34. The van der Waals surface area contributed by atoms with Crippen LogP contribution >= 0.6 is 0 Å². The molecule has 0 radical (unpaired) electrons. The Bertz CT molecular complexity index is 169. The van der Waals surface area contributed by atoms with Gasteiger partial charge >= 0.3 is 0 Å². The molecule has 0 bridgehead atoms. The second-order valence-electron chi connectivity index (χ2n) is 5.82. The monoisotopic (exact) mass is 230 g/mol. The summed E-state index contributed by atoms with van der Waals surface area (Å²) in [7, 11) is -1.53. The molecule has 0 N–H and O–H groups in total. The van der Waals surface area contributed by atoms with E-state index >= 15 is 0 Å². The van der Waals surface area contributed by atoms with Crippen LogP contribution in [-0.4, -0.2) is 18.1 Å². The zero-order valence-corrected chi connectivity index (χ0v) is 12.8. The predicted octanol–water partition coefficient (Wildman–Crippen LogP) is 3.45. The Morgan fingerprint density at radius 1 is 1.14 bits per heavy atom. The largest absolute Gasteiger partial charge is 0.460 e. The Morgan fingerprint density at radius 2 is 1.71 bits per heavy atom. The fraction of sp³-hybridized carbons (Fsp3) is 1.00. The third-order valence-corrected chi connectivity index (χ3v) is 9.34. The molecule has 3 heteroatoms. The molecule has 0 amide bonds. The van der Waals surface area contributed by atoms with Gasteiger partial charge in [-0.3, -0.25) is 0 Å². The van der Waals surface area contributed by atoms with Gasteiger partial charge in [0.05, 0.1) is 0 Å². The van der Waals surface area contributed by atoms with Crippen LogP contribution in [0.3, 0.4) is 0 Å². The Morgan fingerprint density at radius 3 is 2.14 bits per heavy atom. The first-order valence-electron chi connectivity index (χ1n) is 6.11. The van der Waals surface area contributed by atoms with Crippen LogP contribution in [0.5, 0.6) is 0 Å². The minimum Gasteiger partial charge on any atom is -0.460 e. The van der Waals surface area contributed by atoms with E-state index < -0.39 is 8.32 Å². The molecule has 0 aromatic rings. The average Bonchev–Trinajstić information content (AvgIpc) is 2.15. The summed E-state index contributed by atoms with van der Waals surface area (Å²) < 4.78 is 6.24. The van der Waals surface area contributed by atoms with Gasteiger partial charge in [-0.25, -0.2) is 0 Å². The SMILES string of the molecule is CCC1([SiH2]O[Si](C)(C)C)CCCCC1. The van der Waals surface area contributed by atoms with Crippen molar-refractivity contribution in [2.24, 2.45) is 0 Å². The molecule has 0 unspecified atom stereocenters. The van der Waals surface area contributed by atoms with Gasteiger partial charge in [-0.05, 0) is 37.5 Å². The van der Waals surface area contributed by atoms with Crippen LogP contribution in [0.25, 0.3) is 0 Å². The third-order valence-electron chi connectivity index (χ3n) is 3.48. The van der Waals surface area contributed by atoms with E-state index in [9.17, 15) is 0 Å². The highest BCUT2D eigenvalue weighted by Crippen LogP contribution is 2.45. The van der Waals surface area contributed by atoms with Crippen LogP contribution in [0.4, 0.5) is 0 Å². The van der Waals surface area contributed by atoms with Crippen molar-refractivity contribution in [2.75, 3.05) is 0 Å². The minimum atomic E-state index is -1.24. The van der Waals surface area contributed by atoms with Gasteiger partial charge in [0.25, 0.3) is 0 Å². The van der Waals surface area contributed by atoms with Gasteiger partial charge in [0, 0.05) is 0 Å². The van der Waals surface area contributed by atoms with Gasteiger partial charge in [-0.1, -0.05) is 32.6 Å². The highest BCUT2D eigenvalue weighted by molar-refractivity contribution is 6.74. The molecule has 0 aromatic carbocycles. The predicted molar refractivity (Wildman–Crippen MR) is 69.0 cm³/mol. The van der Waals surface area contributed by atoms with Crippen molar-refractivity contribution in [3.8, 4) is 0 Å². The van der Waals surface area contributed by atoms with Crippen molar-refractivity contribution in [1.82, 2.24) is 0 Å². The molecule has 0 heterocycles. The summed E-state index contributed by atoms with van der Waals surface area (Å²) in [6.45, 7) is 9.34. The van der Waals surface area contributed by atoms with Crippen molar-refractivity contribution in [3.63, 3.8) is 0 Å². The summed E-state index contributed by atoms with van der Waals surface area (Å²) in [5.74, 6) is 0. The van der Waals surface area contributed by atoms with Gasteiger partial charge < -0.3 is 4.12 Å². The molecule has 1 aliphatic carbocycles. The maximum absolute atomic E-state index is 6.24. The van der Waals surface area contributed by atoms with Gasteiger partial charge in [0.1, 0.15) is 0 Å². The Hall–Kier alpha value is 0.394. The molecule has 1 fully saturated rings. The summed E-state index contributed by atoms with van der Waals surface area (Å²) in [6.07, 6.45) is 8.65. The summed E-state index contributed by atoms with van der Waals surface area (Å²) in [5.41, 5.74) is 0. The van der Waals surface area contributed by atoms with Gasteiger partial charge in [-0.2, -0.15) is 0 Å². The first-order valence-corrected chi connectivity index (χ1v) is 10.8. The molecule has 0 aliphatic heterocycles. The molecular weight excluding hydrogens is 204 g/mol. The van der Waals surface area contributed by atoms with Gasteiger partial charge in [0.2, 0.25) is 0 Å². The van der Waals surface area contributed by atoms with E-state index in [4.69, 9.17) is 4.12 Å². The van der Waals surface area contributed by atoms with E-state index in [2.05, 4.69) is 26.6 Å². The molecule has 1 nitrogen and oxygen atoms in total. The van der Waals surface area contributed by atoms with E-state index in [1.165, 1.54) is 38.5 Å². The van der Waals surface area contributed by atoms with Crippen LogP contribution in [0.2, 0.25) is 24.7 Å². The first kappa shape index (κ1) is 12.5. The van der Waals surface area contributed by atoms with Crippen molar-refractivity contribution >= 4 is 18.1 Å². The zero-order valence-electron chi connectivity index (χ0n) is 10.4. The van der Waals surface area contributed by atoms with E-state index in [0.717, 1.165) is 0 Å². The maximum Gasteiger partial charge on any atom is 0.169 e. The maximum atomic E-state index is 6.24. The number of hydrogen-bond acceptors (Lipinski definition) is 1. The highest BCUT2D eigenvalue weighted by Gasteiger charge is 2.32. The molecule has 1 rings (SSSR count). The van der Waals surface area contributed by atoms with Crippen molar-refractivity contribution in [3.05, 3.63) is 0 Å². The lowest BCUT2D eigenvalue weighted by molar-refractivity contribution is 0.341. The Kier molecular flexibility index (Phi) is 4.40. The average molecular weight is 230 g/mol. The first-order chi connectivity index (χ1) is 6.47. The quantitative estimate of drug-likeness (QED) is 0.672. The van der Waals surface area contributed by atoms with Crippen molar-refractivity contribution in [2.45, 2.75) is 70.1 Å². The summed E-state index contributed by atoms with van der Waals surface area (Å²) in [4.78, 5) is 0. The topological polar surface area (TPSA) is 9.23 Å². The lowest BCUT2D eigenvalue weighted by atomic mass is 9.86. The Labute approximate surface area is 92.7 Å². The summed E-state index contributed by atoms with van der Waals surface area (Å²) in [5, 5.41) is 0.679. The van der Waals surface area contributed by atoms with Crippen LogP contribution in [0.1, 0.15) is 45.4 Å². The smallest absolute Gasteiger partial charge is 0.169 e.